The topological polar surface area (TPSA) is 58.2 Å². The molecule has 6 heteroatoms. The maximum Gasteiger partial charge on any atom is 0.271 e. The highest BCUT2D eigenvalue weighted by atomic mass is 79.9. The average Bonchev–Trinajstić information content (AvgIpc) is 2.48. The summed E-state index contributed by atoms with van der Waals surface area (Å²) in [5.74, 6) is -0.762. The van der Waals surface area contributed by atoms with Crippen LogP contribution in [0.5, 0.6) is 0 Å². The number of nitrogens with one attached hydrogen (secondary N) is 2. The van der Waals surface area contributed by atoms with Gasteiger partial charge in [-0.1, -0.05) is 51.8 Å². The van der Waals surface area contributed by atoms with Crippen molar-refractivity contribution in [3.05, 3.63) is 69.2 Å². The molecule has 2 rings (SSSR count). The van der Waals surface area contributed by atoms with Crippen LogP contribution in [0.1, 0.15) is 15.9 Å². The lowest BCUT2D eigenvalue weighted by Crippen LogP contribution is -2.42. The van der Waals surface area contributed by atoms with E-state index in [2.05, 4.69) is 26.8 Å². The zero-order valence-electron chi connectivity index (χ0n) is 10.9. The molecule has 4 nitrogen and oxygen atoms in total. The minimum absolute atomic E-state index is 0.177. The first-order chi connectivity index (χ1) is 10.1. The SMILES string of the molecule is O=C(Cc1ccc(Br)cc1)NNC(=O)c1ccccc1Cl. The summed E-state index contributed by atoms with van der Waals surface area (Å²) in [5.41, 5.74) is 5.86. The van der Waals surface area contributed by atoms with E-state index in [0.29, 0.717) is 10.6 Å². The van der Waals surface area contributed by atoms with E-state index in [-0.39, 0.29) is 12.3 Å². The van der Waals surface area contributed by atoms with E-state index >= 15 is 0 Å². The maximum atomic E-state index is 11.9. The third kappa shape index (κ3) is 4.58. The van der Waals surface area contributed by atoms with Gasteiger partial charge in [0.2, 0.25) is 5.91 Å². The average molecular weight is 368 g/mol. The third-order valence-electron chi connectivity index (χ3n) is 2.71. The lowest BCUT2D eigenvalue weighted by molar-refractivity contribution is -0.121. The van der Waals surface area contributed by atoms with Crippen molar-refractivity contribution in [2.24, 2.45) is 0 Å². The summed E-state index contributed by atoms with van der Waals surface area (Å²) in [6.07, 6.45) is 0.177. The standard InChI is InChI=1S/C15H12BrClN2O2/c16-11-7-5-10(6-8-11)9-14(20)18-19-15(21)12-3-1-2-4-13(12)17/h1-8H,9H2,(H,18,20)(H,19,21). The smallest absolute Gasteiger partial charge is 0.271 e. The number of benzene rings is 2. The van der Waals surface area contributed by atoms with E-state index in [1.54, 1.807) is 24.3 Å². The fourth-order valence-electron chi connectivity index (χ4n) is 1.67. The second-order valence-corrected chi connectivity index (χ2v) is 5.61. The minimum atomic E-state index is -0.454. The molecule has 0 unspecified atom stereocenters. The van der Waals surface area contributed by atoms with E-state index in [0.717, 1.165) is 10.0 Å². The van der Waals surface area contributed by atoms with E-state index in [1.807, 2.05) is 24.3 Å². The number of carbonyl (C=O) groups excluding carboxylic acids is 2. The van der Waals surface area contributed by atoms with Crippen molar-refractivity contribution in [1.29, 1.82) is 0 Å². The minimum Gasteiger partial charge on any atom is -0.273 e. The Balaban J connectivity index is 1.88. The molecule has 0 fully saturated rings. The lowest BCUT2D eigenvalue weighted by Gasteiger charge is -2.08. The Bertz CT molecular complexity index is 659. The van der Waals surface area contributed by atoms with Crippen molar-refractivity contribution in [2.45, 2.75) is 6.42 Å². The van der Waals surface area contributed by atoms with Gasteiger partial charge in [0.25, 0.3) is 5.91 Å². The fourth-order valence-corrected chi connectivity index (χ4v) is 2.16. The largest absolute Gasteiger partial charge is 0.273 e. The zero-order valence-corrected chi connectivity index (χ0v) is 13.2. The summed E-state index contributed by atoms with van der Waals surface area (Å²) in [5, 5.41) is 0.331. The summed E-state index contributed by atoms with van der Waals surface area (Å²) < 4.78 is 0.943. The molecule has 108 valence electrons. The van der Waals surface area contributed by atoms with Crippen LogP contribution in [0.4, 0.5) is 0 Å². The molecule has 0 saturated heterocycles. The van der Waals surface area contributed by atoms with Gasteiger partial charge in [-0.3, -0.25) is 20.4 Å². The molecule has 2 aromatic carbocycles. The van der Waals surface area contributed by atoms with Gasteiger partial charge in [0.15, 0.2) is 0 Å². The van der Waals surface area contributed by atoms with Gasteiger partial charge in [0.1, 0.15) is 0 Å². The molecule has 2 amide bonds. The molecule has 0 bridgehead atoms. The lowest BCUT2D eigenvalue weighted by atomic mass is 10.1. The number of rotatable bonds is 3. The molecule has 2 N–H and O–H groups in total. The van der Waals surface area contributed by atoms with Gasteiger partial charge in [0, 0.05) is 4.47 Å². The van der Waals surface area contributed by atoms with Gasteiger partial charge in [-0.2, -0.15) is 0 Å². The predicted molar refractivity (Wildman–Crippen MR) is 84.9 cm³/mol. The van der Waals surface area contributed by atoms with Gasteiger partial charge in [-0.15, -0.1) is 0 Å². The molecule has 0 radical (unpaired) electrons. The van der Waals surface area contributed by atoms with Gasteiger partial charge in [0.05, 0.1) is 17.0 Å². The first-order valence-corrected chi connectivity index (χ1v) is 7.31. The van der Waals surface area contributed by atoms with Gasteiger partial charge < -0.3 is 0 Å². The monoisotopic (exact) mass is 366 g/mol. The number of amides is 2. The summed E-state index contributed by atoms with van der Waals surface area (Å²) >= 11 is 9.23. The molecule has 0 aromatic heterocycles. The van der Waals surface area contributed by atoms with Crippen LogP contribution in [0.3, 0.4) is 0 Å². The van der Waals surface area contributed by atoms with Crippen LogP contribution in [0.25, 0.3) is 0 Å². The Morgan fingerprint density at radius 3 is 2.33 bits per heavy atom. The van der Waals surface area contributed by atoms with Crippen LogP contribution in [-0.4, -0.2) is 11.8 Å². The molecule has 0 aliphatic heterocycles. The highest BCUT2D eigenvalue weighted by molar-refractivity contribution is 9.10. The van der Waals surface area contributed by atoms with Crippen LogP contribution in [0.15, 0.2) is 53.0 Å². The fraction of sp³-hybridized carbons (Fsp3) is 0.0667. The second-order valence-electron chi connectivity index (χ2n) is 4.29. The summed E-state index contributed by atoms with van der Waals surface area (Å²) in [6, 6.07) is 14.0. The number of halogens is 2. The zero-order chi connectivity index (χ0) is 15.2. The van der Waals surface area contributed by atoms with Crippen molar-refractivity contribution in [3.63, 3.8) is 0 Å². The molecule has 0 saturated carbocycles. The molecule has 0 aliphatic rings. The molecule has 0 heterocycles. The molecule has 0 atom stereocenters. The molecule has 21 heavy (non-hydrogen) atoms. The van der Waals surface area contributed by atoms with Crippen molar-refractivity contribution in [3.8, 4) is 0 Å². The molecule has 0 spiro atoms. The molecule has 0 aliphatic carbocycles. The second kappa shape index (κ2) is 7.24. The Labute approximate surface area is 135 Å². The third-order valence-corrected chi connectivity index (χ3v) is 3.57. The highest BCUT2D eigenvalue weighted by Gasteiger charge is 2.10. The quantitative estimate of drug-likeness (QED) is 0.819. The Hall–Kier alpha value is -1.85. The Kier molecular flexibility index (Phi) is 5.36. The van der Waals surface area contributed by atoms with E-state index < -0.39 is 5.91 Å². The Morgan fingerprint density at radius 1 is 1.00 bits per heavy atom. The van der Waals surface area contributed by atoms with Crippen LogP contribution < -0.4 is 10.9 Å². The number of hydrazine groups is 1. The molecule has 2 aromatic rings. The normalized spacial score (nSPS) is 10.0. The van der Waals surface area contributed by atoms with Crippen molar-refractivity contribution in [2.75, 3.05) is 0 Å². The summed E-state index contributed by atoms with van der Waals surface area (Å²) in [4.78, 5) is 23.6. The molecular formula is C15H12BrClN2O2. The van der Waals surface area contributed by atoms with Crippen molar-refractivity contribution >= 4 is 39.3 Å². The number of hydrogen-bond acceptors (Lipinski definition) is 2. The first kappa shape index (κ1) is 15.5. The van der Waals surface area contributed by atoms with Crippen LogP contribution in [0, 0.1) is 0 Å². The number of hydrogen-bond donors (Lipinski definition) is 2. The highest BCUT2D eigenvalue weighted by Crippen LogP contribution is 2.14. The van der Waals surface area contributed by atoms with Crippen molar-refractivity contribution < 1.29 is 9.59 Å². The van der Waals surface area contributed by atoms with Crippen LogP contribution >= 0.6 is 27.5 Å². The van der Waals surface area contributed by atoms with Crippen molar-refractivity contribution in [1.82, 2.24) is 10.9 Å². The van der Waals surface area contributed by atoms with Gasteiger partial charge in [-0.25, -0.2) is 0 Å². The Morgan fingerprint density at radius 2 is 1.67 bits per heavy atom. The van der Waals surface area contributed by atoms with Gasteiger partial charge >= 0.3 is 0 Å². The summed E-state index contributed by atoms with van der Waals surface area (Å²) in [6.45, 7) is 0. The first-order valence-electron chi connectivity index (χ1n) is 6.14. The van der Waals surface area contributed by atoms with Crippen LogP contribution in [-0.2, 0) is 11.2 Å². The summed E-state index contributed by atoms with van der Waals surface area (Å²) in [7, 11) is 0. The van der Waals surface area contributed by atoms with E-state index in [4.69, 9.17) is 11.6 Å². The molecular weight excluding hydrogens is 356 g/mol. The maximum absolute atomic E-state index is 11.9. The van der Waals surface area contributed by atoms with E-state index in [1.165, 1.54) is 0 Å². The number of carbonyl (C=O) groups is 2. The predicted octanol–water partition coefficient (Wildman–Crippen LogP) is 3.11. The van der Waals surface area contributed by atoms with Gasteiger partial charge in [-0.05, 0) is 29.8 Å². The van der Waals surface area contributed by atoms with E-state index in [9.17, 15) is 9.59 Å². The van der Waals surface area contributed by atoms with Crippen LogP contribution in [0.2, 0.25) is 5.02 Å².